The van der Waals surface area contributed by atoms with E-state index in [-0.39, 0.29) is 24.2 Å². The number of nitrogens with zero attached hydrogens (tertiary/aromatic N) is 1. The van der Waals surface area contributed by atoms with E-state index in [1.54, 1.807) is 7.05 Å². The molecule has 2 rings (SSSR count). The summed E-state index contributed by atoms with van der Waals surface area (Å²) in [5.74, 6) is -1.48. The summed E-state index contributed by atoms with van der Waals surface area (Å²) < 4.78 is 0. The number of hydrogen-bond acceptors (Lipinski definition) is 3. The lowest BCUT2D eigenvalue weighted by molar-refractivity contribution is -0.150. The Hall–Kier alpha value is -1.59. The Morgan fingerprint density at radius 1 is 1.45 bits per heavy atom. The smallest absolute Gasteiger partial charge is 0.329 e. The van der Waals surface area contributed by atoms with Crippen LogP contribution < -0.4 is 5.32 Å². The molecule has 0 aromatic rings. The van der Waals surface area contributed by atoms with E-state index in [1.807, 2.05) is 6.92 Å². The highest BCUT2D eigenvalue weighted by molar-refractivity contribution is 5.92. The standard InChI is InChI=1S/C14H22N2O4/c1-9-4-3-5-14(7-9,13(19)20)15-12(18)10-6-11(17)16(2)8-10/h9-10H,3-8H2,1-2H3,(H,15,18)(H,19,20). The van der Waals surface area contributed by atoms with Crippen LogP contribution in [0.25, 0.3) is 0 Å². The number of carboxylic acid groups (broad SMARTS) is 1. The van der Waals surface area contributed by atoms with Gasteiger partial charge in [0.25, 0.3) is 0 Å². The minimum Gasteiger partial charge on any atom is -0.480 e. The second-order valence-electron chi connectivity index (χ2n) is 6.25. The largest absolute Gasteiger partial charge is 0.480 e. The third-order valence-corrected chi connectivity index (χ3v) is 4.48. The molecule has 0 spiro atoms. The lowest BCUT2D eigenvalue weighted by atomic mass is 9.76. The maximum absolute atomic E-state index is 12.3. The van der Waals surface area contributed by atoms with Gasteiger partial charge in [0.2, 0.25) is 11.8 Å². The average Bonchev–Trinajstić information content (AvgIpc) is 2.69. The van der Waals surface area contributed by atoms with Gasteiger partial charge < -0.3 is 15.3 Å². The Bertz CT molecular complexity index is 437. The number of rotatable bonds is 3. The van der Waals surface area contributed by atoms with E-state index in [0.717, 1.165) is 12.8 Å². The summed E-state index contributed by atoms with van der Waals surface area (Å²) in [7, 11) is 1.66. The molecule has 112 valence electrons. The molecule has 0 bridgehead atoms. The molecule has 6 nitrogen and oxygen atoms in total. The van der Waals surface area contributed by atoms with E-state index in [0.29, 0.717) is 19.4 Å². The van der Waals surface area contributed by atoms with Crippen molar-refractivity contribution in [3.63, 3.8) is 0 Å². The summed E-state index contributed by atoms with van der Waals surface area (Å²) in [4.78, 5) is 36.9. The number of carbonyl (C=O) groups is 3. The predicted octanol–water partition coefficient (Wildman–Crippen LogP) is 0.614. The van der Waals surface area contributed by atoms with Crippen molar-refractivity contribution in [2.75, 3.05) is 13.6 Å². The van der Waals surface area contributed by atoms with Crippen LogP contribution in [0.5, 0.6) is 0 Å². The number of nitrogens with one attached hydrogen (secondary N) is 1. The summed E-state index contributed by atoms with van der Waals surface area (Å²) in [6.07, 6.45) is 2.90. The van der Waals surface area contributed by atoms with Crippen LogP contribution >= 0.6 is 0 Å². The Kier molecular flexibility index (Phi) is 4.01. The van der Waals surface area contributed by atoms with Crippen LogP contribution in [0.2, 0.25) is 0 Å². The topological polar surface area (TPSA) is 86.7 Å². The quantitative estimate of drug-likeness (QED) is 0.794. The van der Waals surface area contributed by atoms with Crippen LogP contribution in [0.15, 0.2) is 0 Å². The average molecular weight is 282 g/mol. The van der Waals surface area contributed by atoms with Crippen molar-refractivity contribution in [3.8, 4) is 0 Å². The SMILES string of the molecule is CC1CCCC(NC(=O)C2CC(=O)N(C)C2)(C(=O)O)C1. The molecule has 2 N–H and O–H groups in total. The summed E-state index contributed by atoms with van der Waals surface area (Å²) >= 11 is 0. The molecule has 1 aliphatic heterocycles. The maximum Gasteiger partial charge on any atom is 0.329 e. The Morgan fingerprint density at radius 3 is 2.65 bits per heavy atom. The second-order valence-corrected chi connectivity index (χ2v) is 6.25. The minimum absolute atomic E-state index is 0.0634. The first kappa shape index (κ1) is 14.8. The molecule has 3 atom stereocenters. The van der Waals surface area contributed by atoms with Gasteiger partial charge >= 0.3 is 5.97 Å². The van der Waals surface area contributed by atoms with Gasteiger partial charge in [0.05, 0.1) is 5.92 Å². The van der Waals surface area contributed by atoms with Gasteiger partial charge in [-0.15, -0.1) is 0 Å². The molecule has 20 heavy (non-hydrogen) atoms. The van der Waals surface area contributed by atoms with Gasteiger partial charge in [-0.1, -0.05) is 19.8 Å². The van der Waals surface area contributed by atoms with E-state index in [1.165, 1.54) is 4.90 Å². The fourth-order valence-electron chi connectivity index (χ4n) is 3.29. The van der Waals surface area contributed by atoms with Gasteiger partial charge in [-0.25, -0.2) is 4.79 Å². The number of carbonyl (C=O) groups excluding carboxylic acids is 2. The van der Waals surface area contributed by atoms with Crippen molar-refractivity contribution < 1.29 is 19.5 Å². The number of carboxylic acids is 1. The van der Waals surface area contributed by atoms with Crippen molar-refractivity contribution >= 4 is 17.8 Å². The fraction of sp³-hybridized carbons (Fsp3) is 0.786. The van der Waals surface area contributed by atoms with Gasteiger partial charge in [-0.3, -0.25) is 9.59 Å². The molecule has 2 fully saturated rings. The molecule has 0 radical (unpaired) electrons. The van der Waals surface area contributed by atoms with Gasteiger partial charge in [0.1, 0.15) is 5.54 Å². The lowest BCUT2D eigenvalue weighted by Gasteiger charge is -2.37. The van der Waals surface area contributed by atoms with Crippen LogP contribution in [0.1, 0.15) is 39.0 Å². The zero-order valence-corrected chi connectivity index (χ0v) is 12.0. The van der Waals surface area contributed by atoms with Crippen molar-refractivity contribution in [1.82, 2.24) is 10.2 Å². The Balaban J connectivity index is 2.07. The Labute approximate surface area is 118 Å². The van der Waals surface area contributed by atoms with E-state index >= 15 is 0 Å². The molecule has 1 saturated carbocycles. The van der Waals surface area contributed by atoms with Crippen LogP contribution in [-0.2, 0) is 14.4 Å². The van der Waals surface area contributed by atoms with E-state index in [4.69, 9.17) is 0 Å². The molecular weight excluding hydrogens is 260 g/mol. The molecule has 0 aromatic heterocycles. The molecule has 1 aliphatic carbocycles. The minimum atomic E-state index is -1.15. The van der Waals surface area contributed by atoms with E-state index in [2.05, 4.69) is 5.32 Å². The lowest BCUT2D eigenvalue weighted by Crippen LogP contribution is -2.58. The molecule has 3 unspecified atom stereocenters. The van der Waals surface area contributed by atoms with Crippen molar-refractivity contribution in [2.45, 2.75) is 44.6 Å². The monoisotopic (exact) mass is 282 g/mol. The highest BCUT2D eigenvalue weighted by atomic mass is 16.4. The van der Waals surface area contributed by atoms with Crippen LogP contribution in [0.4, 0.5) is 0 Å². The summed E-state index contributed by atoms with van der Waals surface area (Å²) in [6, 6.07) is 0. The summed E-state index contributed by atoms with van der Waals surface area (Å²) in [5, 5.41) is 12.2. The number of likely N-dealkylation sites (tertiary alicyclic amines) is 1. The van der Waals surface area contributed by atoms with Crippen LogP contribution in [0.3, 0.4) is 0 Å². The van der Waals surface area contributed by atoms with E-state index in [9.17, 15) is 19.5 Å². The molecular formula is C14H22N2O4. The number of aliphatic carboxylic acids is 1. The van der Waals surface area contributed by atoms with Crippen molar-refractivity contribution in [2.24, 2.45) is 11.8 Å². The normalized spacial score (nSPS) is 34.1. The molecule has 0 aromatic carbocycles. The third kappa shape index (κ3) is 2.78. The molecule has 1 heterocycles. The molecule has 6 heteroatoms. The first-order chi connectivity index (χ1) is 9.34. The van der Waals surface area contributed by atoms with Gasteiger partial charge in [0.15, 0.2) is 0 Å². The van der Waals surface area contributed by atoms with Gasteiger partial charge in [-0.2, -0.15) is 0 Å². The van der Waals surface area contributed by atoms with Crippen LogP contribution in [-0.4, -0.2) is 46.9 Å². The van der Waals surface area contributed by atoms with Gasteiger partial charge in [0, 0.05) is 20.0 Å². The first-order valence-electron chi connectivity index (χ1n) is 7.13. The van der Waals surface area contributed by atoms with E-state index < -0.39 is 17.4 Å². The molecule has 1 saturated heterocycles. The zero-order valence-electron chi connectivity index (χ0n) is 12.0. The fourth-order valence-corrected chi connectivity index (χ4v) is 3.29. The number of amides is 2. The first-order valence-corrected chi connectivity index (χ1v) is 7.13. The van der Waals surface area contributed by atoms with Crippen molar-refractivity contribution in [1.29, 1.82) is 0 Å². The van der Waals surface area contributed by atoms with Crippen LogP contribution in [0, 0.1) is 11.8 Å². The molecule has 2 amide bonds. The molecule has 2 aliphatic rings. The maximum atomic E-state index is 12.3. The predicted molar refractivity (Wildman–Crippen MR) is 71.9 cm³/mol. The zero-order chi connectivity index (χ0) is 14.9. The summed E-state index contributed by atoms with van der Waals surface area (Å²) in [5.41, 5.74) is -1.15. The number of hydrogen-bond donors (Lipinski definition) is 2. The third-order valence-electron chi connectivity index (χ3n) is 4.48. The summed E-state index contributed by atoms with van der Waals surface area (Å²) in [6.45, 7) is 2.38. The van der Waals surface area contributed by atoms with Crippen molar-refractivity contribution in [3.05, 3.63) is 0 Å². The highest BCUT2D eigenvalue weighted by Crippen LogP contribution is 2.33. The van der Waals surface area contributed by atoms with Gasteiger partial charge in [-0.05, 0) is 18.8 Å². The Morgan fingerprint density at radius 2 is 2.15 bits per heavy atom. The highest BCUT2D eigenvalue weighted by Gasteiger charge is 2.45. The second kappa shape index (κ2) is 5.42.